The van der Waals surface area contributed by atoms with Crippen molar-refractivity contribution in [2.45, 2.75) is 13.0 Å². The fourth-order valence-corrected chi connectivity index (χ4v) is 2.17. The molecular formula is C14H15N3O2. The maximum atomic E-state index is 9.17. The van der Waals surface area contributed by atoms with Crippen LogP contribution in [0.1, 0.15) is 12.1 Å². The number of benzene rings is 1. The van der Waals surface area contributed by atoms with Crippen LogP contribution < -0.4 is 9.64 Å². The first-order valence-corrected chi connectivity index (χ1v) is 6.29. The molecule has 1 aromatic carbocycles. The molecule has 5 heteroatoms. The molecule has 0 bridgehead atoms. The van der Waals surface area contributed by atoms with Crippen LogP contribution in [0.4, 0.5) is 11.5 Å². The van der Waals surface area contributed by atoms with E-state index < -0.39 is 0 Å². The number of ether oxygens (including phenoxy) is 1. The molecular weight excluding hydrogens is 242 g/mol. The lowest BCUT2D eigenvalue weighted by Gasteiger charge is -2.22. The van der Waals surface area contributed by atoms with Crippen molar-refractivity contribution in [3.8, 4) is 5.75 Å². The summed E-state index contributed by atoms with van der Waals surface area (Å²) in [4.78, 5) is 10.6. The Bertz CT molecular complexity index is 574. The Morgan fingerprint density at radius 2 is 2.16 bits per heavy atom. The molecule has 0 unspecified atom stereocenters. The van der Waals surface area contributed by atoms with Crippen LogP contribution >= 0.6 is 0 Å². The number of para-hydroxylation sites is 2. The van der Waals surface area contributed by atoms with Crippen molar-refractivity contribution in [3.05, 3.63) is 42.4 Å². The summed E-state index contributed by atoms with van der Waals surface area (Å²) in [5, 5.41) is 9.17. The smallest absolute Gasteiger partial charge is 0.152 e. The van der Waals surface area contributed by atoms with E-state index in [1.807, 2.05) is 24.3 Å². The zero-order valence-corrected chi connectivity index (χ0v) is 10.5. The van der Waals surface area contributed by atoms with Gasteiger partial charge in [-0.25, -0.2) is 4.98 Å². The van der Waals surface area contributed by atoms with E-state index >= 15 is 0 Å². The lowest BCUT2D eigenvalue weighted by molar-refractivity contribution is 0.276. The number of rotatable bonds is 2. The third-order valence-corrected chi connectivity index (χ3v) is 3.05. The fourth-order valence-electron chi connectivity index (χ4n) is 2.17. The number of aliphatic hydroxyl groups excluding tert-OH is 1. The van der Waals surface area contributed by atoms with Crippen molar-refractivity contribution in [2.24, 2.45) is 0 Å². The molecule has 1 aliphatic heterocycles. The molecule has 0 atom stereocenters. The van der Waals surface area contributed by atoms with E-state index in [-0.39, 0.29) is 6.61 Å². The van der Waals surface area contributed by atoms with Gasteiger partial charge in [0.2, 0.25) is 0 Å². The van der Waals surface area contributed by atoms with Crippen molar-refractivity contribution in [3.63, 3.8) is 0 Å². The van der Waals surface area contributed by atoms with Crippen LogP contribution in [0.5, 0.6) is 5.75 Å². The van der Waals surface area contributed by atoms with Crippen molar-refractivity contribution >= 4 is 11.5 Å². The van der Waals surface area contributed by atoms with E-state index in [1.54, 1.807) is 12.4 Å². The van der Waals surface area contributed by atoms with E-state index in [4.69, 9.17) is 9.84 Å². The largest absolute Gasteiger partial charge is 0.491 e. The van der Waals surface area contributed by atoms with Crippen LogP contribution in [-0.4, -0.2) is 28.2 Å². The topological polar surface area (TPSA) is 58.5 Å². The SMILES string of the molecule is OCc1cncc(N2CCCOc3ccccc32)n1. The summed E-state index contributed by atoms with van der Waals surface area (Å²) in [6.07, 6.45) is 4.20. The van der Waals surface area contributed by atoms with E-state index in [0.29, 0.717) is 12.3 Å². The summed E-state index contributed by atoms with van der Waals surface area (Å²) < 4.78 is 5.72. The minimum absolute atomic E-state index is 0.104. The molecule has 5 nitrogen and oxygen atoms in total. The van der Waals surface area contributed by atoms with Crippen LogP contribution in [0, 0.1) is 0 Å². The molecule has 0 saturated carbocycles. The zero-order valence-electron chi connectivity index (χ0n) is 10.5. The van der Waals surface area contributed by atoms with Gasteiger partial charge in [0.15, 0.2) is 5.82 Å². The second-order valence-corrected chi connectivity index (χ2v) is 4.35. The number of hydrogen-bond acceptors (Lipinski definition) is 5. The van der Waals surface area contributed by atoms with Crippen molar-refractivity contribution < 1.29 is 9.84 Å². The molecule has 2 aromatic rings. The molecule has 1 aliphatic rings. The highest BCUT2D eigenvalue weighted by Gasteiger charge is 2.18. The Kier molecular flexibility index (Phi) is 3.29. The molecule has 3 rings (SSSR count). The van der Waals surface area contributed by atoms with Gasteiger partial charge in [-0.3, -0.25) is 4.98 Å². The predicted octanol–water partition coefficient (Wildman–Crippen LogP) is 1.89. The van der Waals surface area contributed by atoms with Gasteiger partial charge < -0.3 is 14.7 Å². The Balaban J connectivity index is 2.03. The number of aromatic nitrogens is 2. The van der Waals surface area contributed by atoms with Crippen LogP contribution in [-0.2, 0) is 6.61 Å². The highest BCUT2D eigenvalue weighted by Crippen LogP contribution is 2.34. The maximum absolute atomic E-state index is 9.17. The molecule has 2 heterocycles. The Labute approximate surface area is 111 Å². The molecule has 0 aliphatic carbocycles. The van der Waals surface area contributed by atoms with Gasteiger partial charge in [0.25, 0.3) is 0 Å². The summed E-state index contributed by atoms with van der Waals surface area (Å²) >= 11 is 0. The molecule has 0 radical (unpaired) electrons. The van der Waals surface area contributed by atoms with Crippen LogP contribution in [0.25, 0.3) is 0 Å². The summed E-state index contributed by atoms with van der Waals surface area (Å²) in [6, 6.07) is 7.90. The highest BCUT2D eigenvalue weighted by molar-refractivity contribution is 5.67. The standard InChI is InChI=1S/C14H15N3O2/c18-10-11-8-15-9-14(16-11)17-6-3-7-19-13-5-2-1-4-12(13)17/h1-2,4-5,8-9,18H,3,6-7,10H2. The average molecular weight is 257 g/mol. The first kappa shape index (κ1) is 11.9. The first-order chi connectivity index (χ1) is 9.38. The van der Waals surface area contributed by atoms with Crippen molar-refractivity contribution in [1.29, 1.82) is 0 Å². The molecule has 98 valence electrons. The second kappa shape index (κ2) is 5.24. The minimum atomic E-state index is -0.104. The number of nitrogens with zero attached hydrogens (tertiary/aromatic N) is 3. The molecule has 1 N–H and O–H groups in total. The number of aliphatic hydroxyl groups is 1. The van der Waals surface area contributed by atoms with Gasteiger partial charge in [-0.15, -0.1) is 0 Å². The summed E-state index contributed by atoms with van der Waals surface area (Å²) in [5.74, 6) is 1.60. The molecule has 0 fully saturated rings. The first-order valence-electron chi connectivity index (χ1n) is 6.29. The summed E-state index contributed by atoms with van der Waals surface area (Å²) in [6.45, 7) is 1.41. The predicted molar refractivity (Wildman–Crippen MR) is 71.5 cm³/mol. The zero-order chi connectivity index (χ0) is 13.1. The third-order valence-electron chi connectivity index (χ3n) is 3.05. The van der Waals surface area contributed by atoms with Crippen LogP contribution in [0.2, 0.25) is 0 Å². The molecule has 0 spiro atoms. The van der Waals surface area contributed by atoms with E-state index in [9.17, 15) is 0 Å². The Morgan fingerprint density at radius 1 is 1.26 bits per heavy atom. The quantitative estimate of drug-likeness (QED) is 0.890. The second-order valence-electron chi connectivity index (χ2n) is 4.35. The average Bonchev–Trinajstić information content (AvgIpc) is 2.69. The fraction of sp³-hybridized carbons (Fsp3) is 0.286. The van der Waals surface area contributed by atoms with Gasteiger partial charge in [-0.05, 0) is 18.6 Å². The van der Waals surface area contributed by atoms with Gasteiger partial charge in [-0.2, -0.15) is 0 Å². The van der Waals surface area contributed by atoms with Gasteiger partial charge in [0.05, 0.1) is 37.0 Å². The minimum Gasteiger partial charge on any atom is -0.491 e. The van der Waals surface area contributed by atoms with Crippen LogP contribution in [0.3, 0.4) is 0 Å². The monoisotopic (exact) mass is 257 g/mol. The van der Waals surface area contributed by atoms with Gasteiger partial charge in [-0.1, -0.05) is 12.1 Å². The van der Waals surface area contributed by atoms with Gasteiger partial charge in [0, 0.05) is 6.54 Å². The number of hydrogen-bond donors (Lipinski definition) is 1. The third kappa shape index (κ3) is 2.37. The Hall–Kier alpha value is -2.14. The Morgan fingerprint density at radius 3 is 3.05 bits per heavy atom. The molecule has 1 aromatic heterocycles. The molecule has 0 amide bonds. The lowest BCUT2D eigenvalue weighted by Crippen LogP contribution is -2.19. The van der Waals surface area contributed by atoms with Crippen molar-refractivity contribution in [1.82, 2.24) is 9.97 Å². The summed E-state index contributed by atoms with van der Waals surface area (Å²) in [7, 11) is 0. The molecule has 19 heavy (non-hydrogen) atoms. The molecule has 0 saturated heterocycles. The number of anilines is 2. The highest BCUT2D eigenvalue weighted by atomic mass is 16.5. The van der Waals surface area contributed by atoms with Gasteiger partial charge >= 0.3 is 0 Å². The normalized spacial score (nSPS) is 14.5. The van der Waals surface area contributed by atoms with Crippen molar-refractivity contribution in [2.75, 3.05) is 18.1 Å². The van der Waals surface area contributed by atoms with E-state index in [2.05, 4.69) is 14.9 Å². The maximum Gasteiger partial charge on any atom is 0.152 e. The van der Waals surface area contributed by atoms with Gasteiger partial charge in [0.1, 0.15) is 5.75 Å². The number of fused-ring (bicyclic) bond motifs is 1. The lowest BCUT2D eigenvalue weighted by atomic mass is 10.2. The van der Waals surface area contributed by atoms with E-state index in [0.717, 1.165) is 30.2 Å². The van der Waals surface area contributed by atoms with E-state index in [1.165, 1.54) is 0 Å². The van der Waals surface area contributed by atoms with Crippen LogP contribution in [0.15, 0.2) is 36.7 Å². The summed E-state index contributed by atoms with van der Waals surface area (Å²) in [5.41, 5.74) is 1.56.